The van der Waals surface area contributed by atoms with Crippen molar-refractivity contribution in [1.82, 2.24) is 31.7 Å². The molecule has 5 aliphatic rings. The SMILES string of the molecule is CCC1C(C)NC2NCNN2C1SC1CCCCC1NC(=O)NC1CCC2OCCOC2C1. The van der Waals surface area contributed by atoms with Crippen LogP contribution in [0.4, 0.5) is 4.79 Å². The molecule has 5 rings (SSSR count). The molecule has 2 amide bonds. The lowest BCUT2D eigenvalue weighted by Crippen LogP contribution is -2.65. The molecule has 0 aromatic heterocycles. The molecule has 2 saturated carbocycles. The lowest BCUT2D eigenvalue weighted by atomic mass is 9.89. The van der Waals surface area contributed by atoms with Gasteiger partial charge >= 0.3 is 6.03 Å². The number of thioether (sulfide) groups is 1. The zero-order chi connectivity index (χ0) is 22.8. The maximum absolute atomic E-state index is 13.0. The van der Waals surface area contributed by atoms with Gasteiger partial charge in [-0.15, -0.1) is 11.8 Å². The van der Waals surface area contributed by atoms with E-state index in [9.17, 15) is 4.79 Å². The molecule has 3 saturated heterocycles. The molecule has 10 heteroatoms. The molecule has 0 radical (unpaired) electrons. The Hall–Kier alpha value is -0.620. The number of amides is 2. The van der Waals surface area contributed by atoms with Gasteiger partial charge in [0.25, 0.3) is 0 Å². The number of carbonyl (C=O) groups is 1. The van der Waals surface area contributed by atoms with Gasteiger partial charge in [-0.05, 0) is 45.4 Å². The Kier molecular flexibility index (Phi) is 8.01. The Morgan fingerprint density at radius 2 is 1.91 bits per heavy atom. The monoisotopic (exact) mass is 482 g/mol. The van der Waals surface area contributed by atoms with E-state index in [2.05, 4.69) is 57.3 Å². The summed E-state index contributed by atoms with van der Waals surface area (Å²) in [6.07, 6.45) is 9.06. The van der Waals surface area contributed by atoms with Crippen molar-refractivity contribution in [2.75, 3.05) is 19.9 Å². The maximum atomic E-state index is 13.0. The van der Waals surface area contributed by atoms with E-state index in [-0.39, 0.29) is 36.6 Å². The van der Waals surface area contributed by atoms with E-state index in [1.54, 1.807) is 0 Å². The topological polar surface area (TPSA) is 98.9 Å². The van der Waals surface area contributed by atoms with Crippen molar-refractivity contribution in [2.45, 2.75) is 112 Å². The van der Waals surface area contributed by atoms with Gasteiger partial charge < -0.3 is 20.1 Å². The third-order valence-corrected chi connectivity index (χ3v) is 9.93. The van der Waals surface area contributed by atoms with Crippen LogP contribution in [-0.2, 0) is 9.47 Å². The van der Waals surface area contributed by atoms with Crippen LogP contribution in [-0.4, -0.2) is 78.2 Å². The van der Waals surface area contributed by atoms with Crippen LogP contribution in [0.1, 0.15) is 65.2 Å². The van der Waals surface area contributed by atoms with Crippen molar-refractivity contribution in [2.24, 2.45) is 5.92 Å². The third-order valence-electron chi connectivity index (χ3n) is 8.16. The molecule has 0 aromatic carbocycles. The van der Waals surface area contributed by atoms with E-state index >= 15 is 0 Å². The number of carbonyl (C=O) groups excluding carboxylic acids is 1. The first-order valence-corrected chi connectivity index (χ1v) is 14.0. The van der Waals surface area contributed by atoms with Crippen LogP contribution in [0.25, 0.3) is 0 Å². The summed E-state index contributed by atoms with van der Waals surface area (Å²) in [5.74, 6) is 0.558. The Morgan fingerprint density at radius 3 is 2.76 bits per heavy atom. The molecular formula is C23H42N6O3S. The molecule has 0 aromatic rings. The molecule has 2 aliphatic carbocycles. The van der Waals surface area contributed by atoms with Crippen molar-refractivity contribution in [1.29, 1.82) is 0 Å². The van der Waals surface area contributed by atoms with Gasteiger partial charge in [-0.3, -0.25) is 10.6 Å². The van der Waals surface area contributed by atoms with E-state index in [0.29, 0.717) is 35.8 Å². The van der Waals surface area contributed by atoms with Crippen LogP contribution in [0, 0.1) is 5.92 Å². The second kappa shape index (κ2) is 11.0. The molecule has 9 unspecified atom stereocenters. The molecule has 33 heavy (non-hydrogen) atoms. The normalized spacial score (nSPS) is 44.0. The van der Waals surface area contributed by atoms with E-state index in [0.717, 1.165) is 45.2 Å². The summed E-state index contributed by atoms with van der Waals surface area (Å²) in [6, 6.07) is 0.821. The minimum atomic E-state index is -0.0164. The quantitative estimate of drug-likeness (QED) is 0.404. The van der Waals surface area contributed by atoms with Crippen molar-refractivity contribution in [3.63, 3.8) is 0 Å². The summed E-state index contributed by atoms with van der Waals surface area (Å²) in [5, 5.41) is 17.0. The molecule has 9 nitrogen and oxygen atoms in total. The Morgan fingerprint density at radius 1 is 1.09 bits per heavy atom. The number of rotatable bonds is 5. The van der Waals surface area contributed by atoms with Gasteiger partial charge in [0, 0.05) is 29.3 Å². The molecule has 3 heterocycles. The van der Waals surface area contributed by atoms with Gasteiger partial charge in [0.2, 0.25) is 0 Å². The molecule has 0 bridgehead atoms. The summed E-state index contributed by atoms with van der Waals surface area (Å²) in [5.41, 5.74) is 3.53. The highest BCUT2D eigenvalue weighted by atomic mass is 32.2. The number of ether oxygens (including phenoxy) is 2. The molecule has 5 fully saturated rings. The van der Waals surface area contributed by atoms with Crippen molar-refractivity contribution >= 4 is 17.8 Å². The summed E-state index contributed by atoms with van der Waals surface area (Å²) >= 11 is 2.07. The minimum Gasteiger partial charge on any atom is -0.373 e. The maximum Gasteiger partial charge on any atom is 0.315 e. The van der Waals surface area contributed by atoms with Gasteiger partial charge in [-0.1, -0.05) is 19.8 Å². The highest BCUT2D eigenvalue weighted by Gasteiger charge is 2.45. The molecule has 188 valence electrons. The fourth-order valence-corrected chi connectivity index (χ4v) is 8.36. The average molecular weight is 483 g/mol. The second-order valence-electron chi connectivity index (χ2n) is 10.3. The van der Waals surface area contributed by atoms with Gasteiger partial charge in [0.15, 0.2) is 0 Å². The smallest absolute Gasteiger partial charge is 0.315 e. The Bertz CT molecular complexity index is 672. The van der Waals surface area contributed by atoms with Gasteiger partial charge in [-0.25, -0.2) is 10.2 Å². The summed E-state index contributed by atoms with van der Waals surface area (Å²) in [4.78, 5) is 13.0. The molecule has 0 spiro atoms. The van der Waals surface area contributed by atoms with Crippen LogP contribution in [0.3, 0.4) is 0 Å². The highest BCUT2D eigenvalue weighted by Crippen LogP contribution is 2.39. The number of hydrogen-bond acceptors (Lipinski definition) is 8. The Labute approximate surface area is 202 Å². The zero-order valence-electron chi connectivity index (χ0n) is 20.1. The van der Waals surface area contributed by atoms with Gasteiger partial charge in [0.05, 0.1) is 37.5 Å². The van der Waals surface area contributed by atoms with Crippen LogP contribution >= 0.6 is 11.8 Å². The zero-order valence-corrected chi connectivity index (χ0v) is 20.9. The average Bonchev–Trinajstić information content (AvgIpc) is 3.28. The third kappa shape index (κ3) is 5.47. The number of nitrogens with zero attached hydrogens (tertiary/aromatic N) is 1. The first-order valence-electron chi connectivity index (χ1n) is 13.1. The predicted molar refractivity (Wildman–Crippen MR) is 129 cm³/mol. The van der Waals surface area contributed by atoms with Crippen LogP contribution in [0.2, 0.25) is 0 Å². The lowest BCUT2D eigenvalue weighted by molar-refractivity contribution is -0.157. The molecule has 3 aliphatic heterocycles. The van der Waals surface area contributed by atoms with Crippen LogP contribution in [0.15, 0.2) is 0 Å². The first-order chi connectivity index (χ1) is 16.1. The summed E-state index contributed by atoms with van der Waals surface area (Å²) in [7, 11) is 0. The molecular weight excluding hydrogens is 440 g/mol. The largest absolute Gasteiger partial charge is 0.373 e. The van der Waals surface area contributed by atoms with E-state index in [1.165, 1.54) is 12.8 Å². The molecule has 9 atom stereocenters. The fourth-order valence-electron chi connectivity index (χ4n) is 6.34. The number of fused-ring (bicyclic) bond motifs is 2. The van der Waals surface area contributed by atoms with E-state index in [4.69, 9.17) is 9.47 Å². The van der Waals surface area contributed by atoms with Crippen molar-refractivity contribution < 1.29 is 14.3 Å². The van der Waals surface area contributed by atoms with Crippen LogP contribution in [0.5, 0.6) is 0 Å². The summed E-state index contributed by atoms with van der Waals surface area (Å²) in [6.45, 7) is 6.75. The first kappa shape index (κ1) is 24.1. The number of nitrogens with one attached hydrogen (secondary N) is 5. The Balaban J connectivity index is 1.17. The van der Waals surface area contributed by atoms with E-state index < -0.39 is 0 Å². The van der Waals surface area contributed by atoms with Crippen molar-refractivity contribution in [3.05, 3.63) is 0 Å². The predicted octanol–water partition coefficient (Wildman–Crippen LogP) is 1.66. The van der Waals surface area contributed by atoms with Gasteiger partial charge in [0.1, 0.15) is 6.29 Å². The standard InChI is InChI=1S/C23H42N6O3S/c1-3-16-14(2)26-22-24-13-25-29(22)21(16)33-20-7-5-4-6-17(20)28-23(30)27-15-8-9-18-19(12-15)32-11-10-31-18/h14-22,24-26H,3-13H2,1-2H3,(H2,27,28,30). The fraction of sp³-hybridized carbons (Fsp3) is 0.957. The van der Waals surface area contributed by atoms with Crippen LogP contribution < -0.4 is 26.7 Å². The second-order valence-corrected chi connectivity index (χ2v) is 11.6. The van der Waals surface area contributed by atoms with Crippen molar-refractivity contribution in [3.8, 4) is 0 Å². The highest BCUT2D eigenvalue weighted by molar-refractivity contribution is 8.00. The number of hydrogen-bond donors (Lipinski definition) is 5. The molecule has 5 N–H and O–H groups in total. The summed E-state index contributed by atoms with van der Waals surface area (Å²) < 4.78 is 11.7. The minimum absolute atomic E-state index is 0.0164. The van der Waals surface area contributed by atoms with E-state index in [1.807, 2.05) is 0 Å². The van der Waals surface area contributed by atoms with Gasteiger partial charge in [-0.2, -0.15) is 5.01 Å². The number of urea groups is 1. The number of hydrazine groups is 1. The lowest BCUT2D eigenvalue weighted by Gasteiger charge is -2.47.